The van der Waals surface area contributed by atoms with Crippen LogP contribution in [0.3, 0.4) is 0 Å². The fraction of sp³-hybridized carbons (Fsp3) is 0.375. The molecule has 0 spiro atoms. The van der Waals surface area contributed by atoms with Gasteiger partial charge in [-0.25, -0.2) is 0 Å². The number of carboxylic acids is 1. The highest BCUT2D eigenvalue weighted by Gasteiger charge is 2.44. The van der Waals surface area contributed by atoms with E-state index in [4.69, 9.17) is 5.11 Å². The summed E-state index contributed by atoms with van der Waals surface area (Å²) in [6.07, 6.45) is 0.829. The fourth-order valence-corrected chi connectivity index (χ4v) is 2.19. The van der Waals surface area contributed by atoms with E-state index in [1.54, 1.807) is 11.3 Å². The molecule has 0 aromatic carbocycles. The Hall–Kier alpha value is -0.830. The lowest BCUT2D eigenvalue weighted by Crippen LogP contribution is -1.97. The van der Waals surface area contributed by atoms with Crippen LogP contribution < -0.4 is 0 Å². The third kappa shape index (κ3) is 1.16. The molecule has 1 aliphatic rings. The van der Waals surface area contributed by atoms with Gasteiger partial charge in [-0.3, -0.25) is 4.79 Å². The van der Waals surface area contributed by atoms with E-state index in [1.807, 2.05) is 17.5 Å². The molecule has 1 aromatic rings. The van der Waals surface area contributed by atoms with E-state index >= 15 is 0 Å². The lowest BCUT2D eigenvalue weighted by atomic mass is 10.3. The van der Waals surface area contributed by atoms with Gasteiger partial charge in [-0.05, 0) is 17.9 Å². The van der Waals surface area contributed by atoms with Crippen molar-refractivity contribution < 1.29 is 9.90 Å². The van der Waals surface area contributed by atoms with Gasteiger partial charge in [0.25, 0.3) is 0 Å². The van der Waals surface area contributed by atoms with Gasteiger partial charge < -0.3 is 5.11 Å². The molecule has 2 rings (SSSR count). The van der Waals surface area contributed by atoms with Crippen molar-refractivity contribution in [3.05, 3.63) is 22.4 Å². The summed E-state index contributed by atoms with van der Waals surface area (Å²) in [5.74, 6) is -0.440. The Bertz CT molecular complexity index is 266. The first kappa shape index (κ1) is 6.85. The highest BCUT2D eigenvalue weighted by Crippen LogP contribution is 2.48. The monoisotopic (exact) mass is 168 g/mol. The molecule has 0 radical (unpaired) electrons. The van der Waals surface area contributed by atoms with Crippen LogP contribution in [0.25, 0.3) is 0 Å². The van der Waals surface area contributed by atoms with Crippen LogP contribution in [-0.4, -0.2) is 11.1 Å². The van der Waals surface area contributed by atoms with Crippen molar-refractivity contribution in [1.82, 2.24) is 0 Å². The molecule has 0 aliphatic heterocycles. The van der Waals surface area contributed by atoms with Crippen molar-refractivity contribution in [2.75, 3.05) is 0 Å². The summed E-state index contributed by atoms with van der Waals surface area (Å²) in [5, 5.41) is 10.6. The zero-order valence-corrected chi connectivity index (χ0v) is 6.67. The predicted molar refractivity (Wildman–Crippen MR) is 42.8 cm³/mol. The molecule has 0 bridgehead atoms. The number of rotatable bonds is 2. The molecule has 2 atom stereocenters. The minimum Gasteiger partial charge on any atom is -0.481 e. The Morgan fingerprint density at radius 3 is 3.00 bits per heavy atom. The third-order valence-corrected chi connectivity index (χ3v) is 3.02. The Labute approximate surface area is 68.5 Å². The van der Waals surface area contributed by atoms with Crippen LogP contribution in [-0.2, 0) is 4.79 Å². The second kappa shape index (κ2) is 2.34. The Morgan fingerprint density at radius 2 is 2.55 bits per heavy atom. The van der Waals surface area contributed by atoms with Gasteiger partial charge in [-0.1, -0.05) is 6.07 Å². The van der Waals surface area contributed by atoms with Crippen molar-refractivity contribution in [1.29, 1.82) is 0 Å². The fourth-order valence-electron chi connectivity index (χ4n) is 1.28. The Balaban J connectivity index is 2.08. The van der Waals surface area contributed by atoms with Gasteiger partial charge in [0.05, 0.1) is 5.92 Å². The summed E-state index contributed by atoms with van der Waals surface area (Å²) >= 11 is 1.65. The van der Waals surface area contributed by atoms with Crippen molar-refractivity contribution in [3.63, 3.8) is 0 Å². The van der Waals surface area contributed by atoms with E-state index in [2.05, 4.69) is 0 Å². The first-order chi connectivity index (χ1) is 5.29. The van der Waals surface area contributed by atoms with Crippen molar-refractivity contribution >= 4 is 17.3 Å². The van der Waals surface area contributed by atoms with Crippen LogP contribution in [0.1, 0.15) is 17.2 Å². The quantitative estimate of drug-likeness (QED) is 0.732. The first-order valence-electron chi connectivity index (χ1n) is 3.55. The summed E-state index contributed by atoms with van der Waals surface area (Å²) < 4.78 is 0. The maximum absolute atomic E-state index is 10.5. The van der Waals surface area contributed by atoms with Gasteiger partial charge in [0.15, 0.2) is 0 Å². The van der Waals surface area contributed by atoms with Crippen LogP contribution in [0.2, 0.25) is 0 Å². The lowest BCUT2D eigenvalue weighted by Gasteiger charge is -1.88. The summed E-state index contributed by atoms with van der Waals surface area (Å²) in [5.41, 5.74) is 0. The van der Waals surface area contributed by atoms with Crippen LogP contribution in [0, 0.1) is 5.92 Å². The molecule has 2 unspecified atom stereocenters. The number of carboxylic acid groups (broad SMARTS) is 1. The average Bonchev–Trinajstić information content (AvgIpc) is 2.60. The number of hydrogen-bond donors (Lipinski definition) is 1. The second-order valence-corrected chi connectivity index (χ2v) is 3.78. The minimum absolute atomic E-state index is 0.103. The smallest absolute Gasteiger partial charge is 0.307 e. The maximum Gasteiger partial charge on any atom is 0.307 e. The molecule has 1 saturated carbocycles. The van der Waals surface area contributed by atoms with E-state index in [-0.39, 0.29) is 5.92 Å². The van der Waals surface area contributed by atoms with Gasteiger partial charge in [0.2, 0.25) is 0 Å². The molecular weight excluding hydrogens is 160 g/mol. The zero-order valence-electron chi connectivity index (χ0n) is 5.86. The number of hydrogen-bond acceptors (Lipinski definition) is 2. The SMILES string of the molecule is O=C(O)C1CC1c1cccs1. The van der Waals surface area contributed by atoms with Gasteiger partial charge in [-0.15, -0.1) is 11.3 Å². The molecule has 3 heteroatoms. The summed E-state index contributed by atoms with van der Waals surface area (Å²) in [4.78, 5) is 11.7. The molecule has 1 aromatic heterocycles. The molecule has 0 amide bonds. The minimum atomic E-state index is -0.650. The molecule has 1 heterocycles. The highest BCUT2D eigenvalue weighted by atomic mass is 32.1. The maximum atomic E-state index is 10.5. The van der Waals surface area contributed by atoms with Crippen LogP contribution in [0.15, 0.2) is 17.5 Å². The van der Waals surface area contributed by atoms with E-state index in [0.717, 1.165) is 6.42 Å². The number of carbonyl (C=O) groups is 1. The van der Waals surface area contributed by atoms with Crippen molar-refractivity contribution in [2.45, 2.75) is 12.3 Å². The molecule has 1 fully saturated rings. The van der Waals surface area contributed by atoms with Gasteiger partial charge in [0.1, 0.15) is 0 Å². The van der Waals surface area contributed by atoms with E-state index < -0.39 is 5.97 Å². The van der Waals surface area contributed by atoms with Crippen molar-refractivity contribution in [3.8, 4) is 0 Å². The molecule has 0 saturated heterocycles. The molecule has 11 heavy (non-hydrogen) atoms. The Kier molecular flexibility index (Phi) is 1.46. The van der Waals surface area contributed by atoms with Crippen LogP contribution in [0.4, 0.5) is 0 Å². The molecule has 1 aliphatic carbocycles. The average molecular weight is 168 g/mol. The summed E-state index contributed by atoms with van der Waals surface area (Å²) in [6, 6.07) is 3.98. The summed E-state index contributed by atoms with van der Waals surface area (Å²) in [6.45, 7) is 0. The van der Waals surface area contributed by atoms with E-state index in [9.17, 15) is 4.79 Å². The number of aliphatic carboxylic acids is 1. The third-order valence-electron chi connectivity index (χ3n) is 2.02. The van der Waals surface area contributed by atoms with Crippen LogP contribution in [0.5, 0.6) is 0 Å². The largest absolute Gasteiger partial charge is 0.481 e. The number of thiophene rings is 1. The summed E-state index contributed by atoms with van der Waals surface area (Å²) in [7, 11) is 0. The molecule has 58 valence electrons. The van der Waals surface area contributed by atoms with Crippen LogP contribution >= 0.6 is 11.3 Å². The Morgan fingerprint density at radius 1 is 1.73 bits per heavy atom. The van der Waals surface area contributed by atoms with Gasteiger partial charge in [-0.2, -0.15) is 0 Å². The van der Waals surface area contributed by atoms with E-state index in [0.29, 0.717) is 5.92 Å². The lowest BCUT2D eigenvalue weighted by molar-refractivity contribution is -0.138. The van der Waals surface area contributed by atoms with Gasteiger partial charge in [0, 0.05) is 10.8 Å². The predicted octanol–water partition coefficient (Wildman–Crippen LogP) is 1.94. The topological polar surface area (TPSA) is 37.3 Å². The zero-order chi connectivity index (χ0) is 7.84. The van der Waals surface area contributed by atoms with Gasteiger partial charge >= 0.3 is 5.97 Å². The molecule has 1 N–H and O–H groups in total. The molecular formula is C8H8O2S. The first-order valence-corrected chi connectivity index (χ1v) is 4.43. The van der Waals surface area contributed by atoms with E-state index in [1.165, 1.54) is 4.88 Å². The van der Waals surface area contributed by atoms with Crippen molar-refractivity contribution in [2.24, 2.45) is 5.92 Å². The highest BCUT2D eigenvalue weighted by molar-refractivity contribution is 7.10. The standard InChI is InChI=1S/C8H8O2S/c9-8(10)6-4-5(6)7-2-1-3-11-7/h1-3,5-6H,4H2,(H,9,10). The normalized spacial score (nSPS) is 28.4. The molecule has 2 nitrogen and oxygen atoms in total. The second-order valence-electron chi connectivity index (χ2n) is 2.80.